The fourth-order valence-electron chi connectivity index (χ4n) is 1.89. The standard InChI is InChI=1S/C11H21NO7/c1-2-3-12-11(18)9(17)10-8(16)7(15)6(14)5(4-13)19-10/h5-10,13-17H,2-4H2,1H3,(H,12,18)/t5-,6+,7+,8-,9?,10?/m1/s1. The summed E-state index contributed by atoms with van der Waals surface area (Å²) in [4.78, 5) is 11.6. The summed E-state index contributed by atoms with van der Waals surface area (Å²) >= 11 is 0. The Balaban J connectivity index is 2.72. The average molecular weight is 279 g/mol. The zero-order valence-corrected chi connectivity index (χ0v) is 10.6. The molecule has 0 spiro atoms. The van der Waals surface area contributed by atoms with Crippen LogP contribution in [0.2, 0.25) is 0 Å². The van der Waals surface area contributed by atoms with E-state index in [1.807, 2.05) is 6.92 Å². The van der Waals surface area contributed by atoms with Crippen molar-refractivity contribution in [1.82, 2.24) is 5.32 Å². The first-order valence-corrected chi connectivity index (χ1v) is 6.20. The van der Waals surface area contributed by atoms with Crippen molar-refractivity contribution in [1.29, 1.82) is 0 Å². The molecule has 0 aromatic rings. The fraction of sp³-hybridized carbons (Fsp3) is 0.909. The molecule has 112 valence electrons. The predicted octanol–water partition coefficient (Wildman–Crippen LogP) is -3.28. The van der Waals surface area contributed by atoms with Gasteiger partial charge in [0.2, 0.25) is 0 Å². The topological polar surface area (TPSA) is 139 Å². The number of aliphatic hydroxyl groups excluding tert-OH is 5. The van der Waals surface area contributed by atoms with Gasteiger partial charge >= 0.3 is 0 Å². The van der Waals surface area contributed by atoms with Crippen molar-refractivity contribution < 1.29 is 35.1 Å². The van der Waals surface area contributed by atoms with Gasteiger partial charge in [-0.05, 0) is 6.42 Å². The smallest absolute Gasteiger partial charge is 0.251 e. The Morgan fingerprint density at radius 2 is 1.89 bits per heavy atom. The maximum absolute atomic E-state index is 11.6. The van der Waals surface area contributed by atoms with Gasteiger partial charge in [-0.15, -0.1) is 0 Å². The molecule has 0 saturated carbocycles. The number of carbonyl (C=O) groups is 1. The van der Waals surface area contributed by atoms with Crippen LogP contribution >= 0.6 is 0 Å². The summed E-state index contributed by atoms with van der Waals surface area (Å²) in [5.41, 5.74) is 0. The molecule has 1 aliphatic heterocycles. The van der Waals surface area contributed by atoms with Gasteiger partial charge in [0, 0.05) is 6.54 Å². The number of nitrogens with one attached hydrogen (secondary N) is 1. The van der Waals surface area contributed by atoms with Gasteiger partial charge in [0.1, 0.15) is 30.5 Å². The van der Waals surface area contributed by atoms with Crippen LogP contribution in [-0.4, -0.2) is 81.2 Å². The number of hydrogen-bond acceptors (Lipinski definition) is 7. The van der Waals surface area contributed by atoms with Gasteiger partial charge in [-0.3, -0.25) is 4.79 Å². The number of ether oxygens (including phenoxy) is 1. The Morgan fingerprint density at radius 1 is 1.26 bits per heavy atom. The van der Waals surface area contributed by atoms with E-state index in [2.05, 4.69) is 5.32 Å². The van der Waals surface area contributed by atoms with E-state index in [4.69, 9.17) is 9.84 Å². The largest absolute Gasteiger partial charge is 0.394 e. The molecule has 0 bridgehead atoms. The summed E-state index contributed by atoms with van der Waals surface area (Å²) in [5, 5.41) is 50.0. The van der Waals surface area contributed by atoms with Crippen molar-refractivity contribution in [3.63, 3.8) is 0 Å². The molecule has 6 N–H and O–H groups in total. The molecular formula is C11H21NO7. The first-order valence-electron chi connectivity index (χ1n) is 6.20. The van der Waals surface area contributed by atoms with Gasteiger partial charge in [0.05, 0.1) is 6.61 Å². The van der Waals surface area contributed by atoms with Crippen LogP contribution in [0.4, 0.5) is 0 Å². The molecule has 0 aromatic carbocycles. The Bertz CT molecular complexity index is 299. The third-order valence-corrected chi connectivity index (χ3v) is 3.06. The third-order valence-electron chi connectivity index (χ3n) is 3.06. The molecule has 1 rings (SSSR count). The van der Waals surface area contributed by atoms with E-state index >= 15 is 0 Å². The quantitative estimate of drug-likeness (QED) is 0.310. The minimum Gasteiger partial charge on any atom is -0.394 e. The highest BCUT2D eigenvalue weighted by atomic mass is 16.6. The minimum absolute atomic E-state index is 0.354. The lowest BCUT2D eigenvalue weighted by Crippen LogP contribution is -2.63. The number of rotatable bonds is 5. The van der Waals surface area contributed by atoms with Crippen molar-refractivity contribution in [2.45, 2.75) is 50.0 Å². The van der Waals surface area contributed by atoms with E-state index in [0.29, 0.717) is 13.0 Å². The number of amides is 1. The zero-order chi connectivity index (χ0) is 14.6. The lowest BCUT2D eigenvalue weighted by Gasteiger charge is -2.41. The highest BCUT2D eigenvalue weighted by Crippen LogP contribution is 2.23. The fourth-order valence-corrected chi connectivity index (χ4v) is 1.89. The first kappa shape index (κ1) is 16.3. The molecule has 1 amide bonds. The monoisotopic (exact) mass is 279 g/mol. The molecule has 0 aliphatic carbocycles. The molecule has 8 heteroatoms. The van der Waals surface area contributed by atoms with Crippen LogP contribution in [0.5, 0.6) is 0 Å². The second-order valence-electron chi connectivity index (χ2n) is 4.53. The lowest BCUT2D eigenvalue weighted by molar-refractivity contribution is -0.247. The van der Waals surface area contributed by atoms with E-state index < -0.39 is 49.1 Å². The second kappa shape index (κ2) is 7.13. The van der Waals surface area contributed by atoms with Crippen LogP contribution in [0.1, 0.15) is 13.3 Å². The summed E-state index contributed by atoms with van der Waals surface area (Å²) in [6, 6.07) is 0. The molecule has 2 unspecified atom stereocenters. The average Bonchev–Trinajstić information content (AvgIpc) is 2.42. The van der Waals surface area contributed by atoms with Crippen LogP contribution in [0.3, 0.4) is 0 Å². The summed E-state index contributed by atoms with van der Waals surface area (Å²) in [6.07, 6.45) is -8.32. The number of hydrogen-bond donors (Lipinski definition) is 6. The number of carbonyl (C=O) groups excluding carboxylic acids is 1. The molecule has 1 saturated heterocycles. The van der Waals surface area contributed by atoms with Gasteiger partial charge in [0.15, 0.2) is 6.10 Å². The van der Waals surface area contributed by atoms with Crippen LogP contribution in [-0.2, 0) is 9.53 Å². The Hall–Kier alpha value is -0.770. The molecule has 1 fully saturated rings. The Kier molecular flexibility index (Phi) is 6.11. The maximum atomic E-state index is 11.6. The van der Waals surface area contributed by atoms with Crippen LogP contribution in [0, 0.1) is 0 Å². The van der Waals surface area contributed by atoms with E-state index in [0.717, 1.165) is 0 Å². The lowest BCUT2D eigenvalue weighted by atomic mass is 9.92. The van der Waals surface area contributed by atoms with Crippen LogP contribution in [0.15, 0.2) is 0 Å². The first-order chi connectivity index (χ1) is 8.93. The van der Waals surface area contributed by atoms with Crippen molar-refractivity contribution >= 4 is 5.91 Å². The molecule has 8 nitrogen and oxygen atoms in total. The molecule has 0 radical (unpaired) electrons. The molecule has 1 heterocycles. The van der Waals surface area contributed by atoms with Gasteiger partial charge in [0.25, 0.3) is 5.91 Å². The van der Waals surface area contributed by atoms with Gasteiger partial charge in [-0.1, -0.05) is 6.92 Å². The van der Waals surface area contributed by atoms with Crippen molar-refractivity contribution in [3.8, 4) is 0 Å². The highest BCUT2D eigenvalue weighted by molar-refractivity contribution is 5.81. The minimum atomic E-state index is -1.70. The number of aliphatic hydroxyl groups is 5. The van der Waals surface area contributed by atoms with E-state index in [9.17, 15) is 25.2 Å². The second-order valence-corrected chi connectivity index (χ2v) is 4.53. The SMILES string of the molecule is CCCNC(=O)C(O)C1O[C@H](CO)[C@H](O)[C@H](O)[C@H]1O. The predicted molar refractivity (Wildman–Crippen MR) is 63.1 cm³/mol. The maximum Gasteiger partial charge on any atom is 0.251 e. The summed E-state index contributed by atoms with van der Waals surface area (Å²) in [6.45, 7) is 1.58. The third kappa shape index (κ3) is 3.62. The van der Waals surface area contributed by atoms with Crippen LogP contribution in [0.25, 0.3) is 0 Å². The summed E-state index contributed by atoms with van der Waals surface area (Å²) in [7, 11) is 0. The van der Waals surface area contributed by atoms with Gasteiger partial charge in [-0.2, -0.15) is 0 Å². The summed E-state index contributed by atoms with van der Waals surface area (Å²) < 4.78 is 5.07. The van der Waals surface area contributed by atoms with E-state index in [-0.39, 0.29) is 0 Å². The van der Waals surface area contributed by atoms with Gasteiger partial charge in [-0.25, -0.2) is 0 Å². The van der Waals surface area contributed by atoms with E-state index in [1.165, 1.54) is 0 Å². The van der Waals surface area contributed by atoms with Crippen molar-refractivity contribution in [3.05, 3.63) is 0 Å². The Labute approximate surface area is 110 Å². The van der Waals surface area contributed by atoms with Crippen molar-refractivity contribution in [2.24, 2.45) is 0 Å². The van der Waals surface area contributed by atoms with Crippen molar-refractivity contribution in [2.75, 3.05) is 13.2 Å². The molecule has 1 aliphatic rings. The van der Waals surface area contributed by atoms with Gasteiger partial charge < -0.3 is 35.6 Å². The molecule has 6 atom stereocenters. The highest BCUT2D eigenvalue weighted by Gasteiger charge is 2.47. The van der Waals surface area contributed by atoms with Crippen LogP contribution < -0.4 is 5.32 Å². The molecule has 0 aromatic heterocycles. The molecule has 19 heavy (non-hydrogen) atoms. The Morgan fingerprint density at radius 3 is 2.42 bits per heavy atom. The molecular weight excluding hydrogens is 258 g/mol. The van der Waals surface area contributed by atoms with E-state index in [1.54, 1.807) is 0 Å². The normalized spacial score (nSPS) is 36.8. The summed E-state index contributed by atoms with van der Waals surface area (Å²) in [5.74, 6) is -0.744. The zero-order valence-electron chi connectivity index (χ0n) is 10.6.